The highest BCUT2D eigenvalue weighted by atomic mass is 127. The molecule has 8 nitrogen and oxygen atoms in total. The summed E-state index contributed by atoms with van der Waals surface area (Å²) in [5.41, 5.74) is 2.80. The average Bonchev–Trinajstić information content (AvgIpc) is 2.95. The van der Waals surface area contributed by atoms with Gasteiger partial charge in [0.1, 0.15) is 12.3 Å². The second-order valence-electron chi connectivity index (χ2n) is 6.22. The molecule has 28 heavy (non-hydrogen) atoms. The lowest BCUT2D eigenvalue weighted by molar-refractivity contribution is -0.114. The van der Waals surface area contributed by atoms with Crippen LogP contribution in [0, 0.1) is 13.8 Å². The first-order valence-electron chi connectivity index (χ1n) is 9.10. The molecule has 154 valence electrons. The van der Waals surface area contributed by atoms with Crippen molar-refractivity contribution < 1.29 is 9.90 Å². The SMILES string of the molecule is CCNC(=NCC(=O)Nc1ccc(O)cc1)NCCCn1nc(C)cc1C.I. The Kier molecular flexibility index (Phi) is 10.4. The van der Waals surface area contributed by atoms with Crippen molar-refractivity contribution >= 4 is 41.5 Å². The Morgan fingerprint density at radius 2 is 1.93 bits per heavy atom. The molecule has 0 atom stereocenters. The first kappa shape index (κ1) is 23.7. The number of rotatable bonds is 8. The Bertz CT molecular complexity index is 773. The Balaban J connectivity index is 0.00000392. The summed E-state index contributed by atoms with van der Waals surface area (Å²) in [6.07, 6.45) is 0.895. The maximum atomic E-state index is 12.0. The van der Waals surface area contributed by atoms with Crippen LogP contribution in [0.5, 0.6) is 5.75 Å². The topological polar surface area (TPSA) is 104 Å². The van der Waals surface area contributed by atoms with Gasteiger partial charge in [0.25, 0.3) is 0 Å². The number of hydrogen-bond donors (Lipinski definition) is 4. The molecule has 0 saturated carbocycles. The molecule has 0 bridgehead atoms. The molecule has 0 aliphatic heterocycles. The molecule has 0 radical (unpaired) electrons. The number of halogens is 1. The average molecular weight is 500 g/mol. The summed E-state index contributed by atoms with van der Waals surface area (Å²) in [6.45, 7) is 8.28. The highest BCUT2D eigenvalue weighted by Crippen LogP contribution is 2.13. The number of aromatic nitrogens is 2. The highest BCUT2D eigenvalue weighted by molar-refractivity contribution is 14.0. The molecule has 1 heterocycles. The van der Waals surface area contributed by atoms with E-state index in [1.54, 1.807) is 12.1 Å². The number of phenolic OH excluding ortho intramolecular Hbond substituents is 1. The molecular weight excluding hydrogens is 471 g/mol. The van der Waals surface area contributed by atoms with Crippen molar-refractivity contribution in [2.24, 2.45) is 4.99 Å². The third kappa shape index (κ3) is 8.15. The summed E-state index contributed by atoms with van der Waals surface area (Å²) in [5, 5.41) is 22.8. The maximum absolute atomic E-state index is 12.0. The second-order valence-corrected chi connectivity index (χ2v) is 6.22. The van der Waals surface area contributed by atoms with Gasteiger partial charge in [-0.05, 0) is 57.5 Å². The Hall–Kier alpha value is -2.30. The van der Waals surface area contributed by atoms with Gasteiger partial charge in [0.2, 0.25) is 5.91 Å². The zero-order valence-electron chi connectivity index (χ0n) is 16.5. The number of aliphatic imine (C=N–C) groups is 1. The van der Waals surface area contributed by atoms with Crippen molar-refractivity contribution in [1.29, 1.82) is 0 Å². The predicted molar refractivity (Wildman–Crippen MR) is 122 cm³/mol. The molecule has 2 aromatic rings. The number of anilines is 1. The van der Waals surface area contributed by atoms with E-state index in [1.165, 1.54) is 12.1 Å². The molecular formula is C19H29IN6O2. The van der Waals surface area contributed by atoms with Gasteiger partial charge in [0, 0.05) is 31.0 Å². The number of aromatic hydroxyl groups is 1. The number of phenols is 1. The van der Waals surface area contributed by atoms with Crippen molar-refractivity contribution in [2.45, 2.75) is 33.7 Å². The van der Waals surface area contributed by atoms with Gasteiger partial charge in [-0.15, -0.1) is 24.0 Å². The fraction of sp³-hybridized carbons (Fsp3) is 0.421. The summed E-state index contributed by atoms with van der Waals surface area (Å²) in [6, 6.07) is 8.38. The van der Waals surface area contributed by atoms with E-state index >= 15 is 0 Å². The number of carbonyl (C=O) groups excluding carboxylic acids is 1. The first-order valence-corrected chi connectivity index (χ1v) is 9.10. The van der Waals surface area contributed by atoms with Crippen LogP contribution in [0.1, 0.15) is 24.7 Å². The minimum atomic E-state index is -0.222. The molecule has 1 aromatic heterocycles. The van der Waals surface area contributed by atoms with E-state index in [4.69, 9.17) is 0 Å². The van der Waals surface area contributed by atoms with Crippen LogP contribution in [-0.2, 0) is 11.3 Å². The predicted octanol–water partition coefficient (Wildman–Crippen LogP) is 2.41. The number of nitrogens with zero attached hydrogens (tertiary/aromatic N) is 3. The lowest BCUT2D eigenvalue weighted by atomic mass is 10.3. The van der Waals surface area contributed by atoms with E-state index in [0.717, 1.165) is 30.9 Å². The van der Waals surface area contributed by atoms with E-state index in [2.05, 4.69) is 32.1 Å². The first-order chi connectivity index (χ1) is 13.0. The fourth-order valence-corrected chi connectivity index (χ4v) is 2.57. The van der Waals surface area contributed by atoms with Crippen molar-refractivity contribution in [2.75, 3.05) is 25.0 Å². The quantitative estimate of drug-likeness (QED) is 0.147. The third-order valence-electron chi connectivity index (χ3n) is 3.82. The van der Waals surface area contributed by atoms with Gasteiger partial charge < -0.3 is 21.1 Å². The summed E-state index contributed by atoms with van der Waals surface area (Å²) < 4.78 is 1.99. The van der Waals surface area contributed by atoms with Crippen molar-refractivity contribution in [3.8, 4) is 5.75 Å². The van der Waals surface area contributed by atoms with Gasteiger partial charge in [-0.25, -0.2) is 4.99 Å². The van der Waals surface area contributed by atoms with Crippen LogP contribution in [0.2, 0.25) is 0 Å². The fourth-order valence-electron chi connectivity index (χ4n) is 2.57. The van der Waals surface area contributed by atoms with Crippen molar-refractivity contribution in [3.63, 3.8) is 0 Å². The number of aryl methyl sites for hydroxylation is 3. The number of amides is 1. The van der Waals surface area contributed by atoms with E-state index in [1.807, 2.05) is 25.5 Å². The molecule has 1 aromatic carbocycles. The van der Waals surface area contributed by atoms with Crippen LogP contribution in [0.4, 0.5) is 5.69 Å². The zero-order chi connectivity index (χ0) is 19.6. The molecule has 0 fully saturated rings. The van der Waals surface area contributed by atoms with Gasteiger partial charge in [-0.3, -0.25) is 9.48 Å². The Labute approximate surface area is 182 Å². The monoisotopic (exact) mass is 500 g/mol. The normalized spacial score (nSPS) is 10.9. The van der Waals surface area contributed by atoms with E-state index < -0.39 is 0 Å². The van der Waals surface area contributed by atoms with Crippen LogP contribution in [0.25, 0.3) is 0 Å². The molecule has 1 amide bonds. The number of hydrogen-bond acceptors (Lipinski definition) is 4. The van der Waals surface area contributed by atoms with Gasteiger partial charge >= 0.3 is 0 Å². The van der Waals surface area contributed by atoms with Crippen molar-refractivity contribution in [3.05, 3.63) is 41.7 Å². The van der Waals surface area contributed by atoms with Crippen LogP contribution in [0.15, 0.2) is 35.3 Å². The summed E-state index contributed by atoms with van der Waals surface area (Å²) in [7, 11) is 0. The maximum Gasteiger partial charge on any atom is 0.246 e. The van der Waals surface area contributed by atoms with Gasteiger partial charge in [0.05, 0.1) is 5.69 Å². The van der Waals surface area contributed by atoms with Gasteiger partial charge in [0.15, 0.2) is 5.96 Å². The summed E-state index contributed by atoms with van der Waals surface area (Å²) in [5.74, 6) is 0.539. The third-order valence-corrected chi connectivity index (χ3v) is 3.82. The summed E-state index contributed by atoms with van der Waals surface area (Å²) in [4.78, 5) is 16.3. The lowest BCUT2D eigenvalue weighted by Crippen LogP contribution is -2.38. The van der Waals surface area contributed by atoms with E-state index in [-0.39, 0.29) is 42.2 Å². The minimum absolute atomic E-state index is 0. The largest absolute Gasteiger partial charge is 0.508 e. The zero-order valence-corrected chi connectivity index (χ0v) is 18.9. The molecule has 0 aliphatic carbocycles. The van der Waals surface area contributed by atoms with Crippen LogP contribution < -0.4 is 16.0 Å². The Morgan fingerprint density at radius 3 is 2.54 bits per heavy atom. The standard InChI is InChI=1S/C19H28N6O2.HI/c1-4-20-19(21-10-5-11-25-15(3)12-14(2)24-25)22-13-18(27)23-16-6-8-17(26)9-7-16;/h6-9,12,26H,4-5,10-11,13H2,1-3H3,(H,23,27)(H2,20,21,22);1H. The van der Waals surface area contributed by atoms with Crippen LogP contribution in [0.3, 0.4) is 0 Å². The highest BCUT2D eigenvalue weighted by Gasteiger charge is 2.04. The molecule has 0 spiro atoms. The number of benzene rings is 1. The second kappa shape index (κ2) is 12.2. The molecule has 2 rings (SSSR count). The molecule has 0 saturated heterocycles. The van der Waals surface area contributed by atoms with Crippen molar-refractivity contribution in [1.82, 2.24) is 20.4 Å². The van der Waals surface area contributed by atoms with Gasteiger partial charge in [-0.1, -0.05) is 0 Å². The smallest absolute Gasteiger partial charge is 0.246 e. The van der Waals surface area contributed by atoms with E-state index in [9.17, 15) is 9.90 Å². The molecule has 9 heteroatoms. The summed E-state index contributed by atoms with van der Waals surface area (Å²) >= 11 is 0. The van der Waals surface area contributed by atoms with Crippen LogP contribution in [-0.4, -0.2) is 46.4 Å². The number of carbonyl (C=O) groups is 1. The van der Waals surface area contributed by atoms with E-state index in [0.29, 0.717) is 18.2 Å². The number of nitrogens with one attached hydrogen (secondary N) is 3. The molecule has 4 N–H and O–H groups in total. The molecule has 0 unspecified atom stereocenters. The van der Waals surface area contributed by atoms with Gasteiger partial charge in [-0.2, -0.15) is 5.10 Å². The Morgan fingerprint density at radius 1 is 1.21 bits per heavy atom. The van der Waals surface area contributed by atoms with Crippen LogP contribution >= 0.6 is 24.0 Å². The minimum Gasteiger partial charge on any atom is -0.508 e. The molecule has 0 aliphatic rings. The number of guanidine groups is 1. The lowest BCUT2D eigenvalue weighted by Gasteiger charge is -2.12.